The molecule has 18 heavy (non-hydrogen) atoms. The van der Waals surface area contributed by atoms with Gasteiger partial charge >= 0.3 is 5.97 Å². The molecule has 1 heterocycles. The van der Waals surface area contributed by atoms with E-state index in [1.54, 1.807) is 6.07 Å². The molecule has 0 radical (unpaired) electrons. The van der Waals surface area contributed by atoms with E-state index in [-0.39, 0.29) is 17.7 Å². The third-order valence-electron chi connectivity index (χ3n) is 3.40. The van der Waals surface area contributed by atoms with Gasteiger partial charge in [0, 0.05) is 0 Å². The van der Waals surface area contributed by atoms with E-state index >= 15 is 0 Å². The molecule has 0 spiro atoms. The molecule has 1 amide bonds. The molecular formula is C13H13NO4. The first kappa shape index (κ1) is 11.1. The highest BCUT2D eigenvalue weighted by atomic mass is 16.5. The maximum atomic E-state index is 11.4. The maximum absolute atomic E-state index is 11.4. The van der Waals surface area contributed by atoms with Gasteiger partial charge in [-0.2, -0.15) is 0 Å². The van der Waals surface area contributed by atoms with E-state index in [4.69, 9.17) is 9.84 Å². The molecule has 5 heteroatoms. The van der Waals surface area contributed by atoms with Crippen LogP contribution in [0.4, 0.5) is 5.69 Å². The highest BCUT2D eigenvalue weighted by Gasteiger charge is 2.44. The minimum atomic E-state index is -0.754. The Morgan fingerprint density at radius 3 is 3.00 bits per heavy atom. The number of carboxylic acid groups (broad SMARTS) is 1. The molecule has 2 unspecified atom stereocenters. The first-order valence-electron chi connectivity index (χ1n) is 5.94. The van der Waals surface area contributed by atoms with Crippen molar-refractivity contribution in [3.8, 4) is 5.75 Å². The number of amides is 1. The Hall–Kier alpha value is -2.04. The Labute approximate surface area is 104 Å². The summed E-state index contributed by atoms with van der Waals surface area (Å²) in [4.78, 5) is 22.3. The molecular weight excluding hydrogens is 234 g/mol. The first-order valence-corrected chi connectivity index (χ1v) is 5.94. The van der Waals surface area contributed by atoms with E-state index in [0.29, 0.717) is 30.9 Å². The molecule has 2 aliphatic rings. The van der Waals surface area contributed by atoms with Crippen molar-refractivity contribution < 1.29 is 19.4 Å². The Balaban J connectivity index is 1.87. The third-order valence-corrected chi connectivity index (χ3v) is 3.40. The van der Waals surface area contributed by atoms with Crippen molar-refractivity contribution in [1.29, 1.82) is 0 Å². The summed E-state index contributed by atoms with van der Waals surface area (Å²) in [5.74, 6) is -0.401. The van der Waals surface area contributed by atoms with Crippen LogP contribution in [0.25, 0.3) is 0 Å². The van der Waals surface area contributed by atoms with Crippen LogP contribution in [0.15, 0.2) is 18.2 Å². The van der Waals surface area contributed by atoms with Crippen LogP contribution < -0.4 is 10.1 Å². The highest BCUT2D eigenvalue weighted by Crippen LogP contribution is 2.48. The minimum absolute atomic E-state index is 0.0629. The van der Waals surface area contributed by atoms with E-state index in [2.05, 4.69) is 5.32 Å². The summed E-state index contributed by atoms with van der Waals surface area (Å²) < 4.78 is 5.45. The molecule has 0 aromatic heterocycles. The summed E-state index contributed by atoms with van der Waals surface area (Å²) in [5.41, 5.74) is 1.60. The quantitative estimate of drug-likeness (QED) is 0.832. The molecule has 0 bridgehead atoms. The van der Waals surface area contributed by atoms with Crippen LogP contribution in [0.2, 0.25) is 0 Å². The van der Waals surface area contributed by atoms with Gasteiger partial charge in [0.25, 0.3) is 0 Å². The number of nitrogens with one attached hydrogen (secondary N) is 1. The zero-order valence-corrected chi connectivity index (χ0v) is 9.68. The number of anilines is 1. The Morgan fingerprint density at radius 1 is 1.44 bits per heavy atom. The number of benzene rings is 1. The summed E-state index contributed by atoms with van der Waals surface area (Å²) in [6.07, 6.45) is 1.01. The fraction of sp³-hybridized carbons (Fsp3) is 0.385. The Kier molecular flexibility index (Phi) is 2.47. The fourth-order valence-electron chi connectivity index (χ4n) is 2.30. The SMILES string of the molecule is O=C1CCOc2ccc(C3CC3C(=O)O)cc2N1. The minimum Gasteiger partial charge on any atom is -0.491 e. The third kappa shape index (κ3) is 1.92. The van der Waals surface area contributed by atoms with E-state index in [9.17, 15) is 9.59 Å². The number of ether oxygens (including phenoxy) is 1. The summed E-state index contributed by atoms with van der Waals surface area (Å²) in [5, 5.41) is 11.7. The van der Waals surface area contributed by atoms with Crippen molar-refractivity contribution >= 4 is 17.6 Å². The van der Waals surface area contributed by atoms with Crippen molar-refractivity contribution in [1.82, 2.24) is 0 Å². The first-order chi connectivity index (χ1) is 8.65. The van der Waals surface area contributed by atoms with Crippen LogP contribution in [0, 0.1) is 5.92 Å². The molecule has 1 aliphatic heterocycles. The van der Waals surface area contributed by atoms with Gasteiger partial charge in [-0.15, -0.1) is 0 Å². The summed E-state index contributed by atoms with van der Waals surface area (Å²) in [7, 11) is 0. The van der Waals surface area contributed by atoms with Gasteiger partial charge in [-0.1, -0.05) is 6.07 Å². The molecule has 2 N–H and O–H groups in total. The largest absolute Gasteiger partial charge is 0.491 e. The fourth-order valence-corrected chi connectivity index (χ4v) is 2.30. The zero-order valence-electron chi connectivity index (χ0n) is 9.68. The summed E-state index contributed by atoms with van der Waals surface area (Å²) >= 11 is 0. The number of carbonyl (C=O) groups excluding carboxylic acids is 1. The molecule has 1 fully saturated rings. The van der Waals surface area contributed by atoms with E-state index < -0.39 is 5.97 Å². The van der Waals surface area contributed by atoms with Crippen LogP contribution in [0.1, 0.15) is 24.3 Å². The zero-order chi connectivity index (χ0) is 12.7. The number of hydrogen-bond acceptors (Lipinski definition) is 3. The number of fused-ring (bicyclic) bond motifs is 1. The van der Waals surface area contributed by atoms with Gasteiger partial charge in [0.1, 0.15) is 5.75 Å². The highest BCUT2D eigenvalue weighted by molar-refractivity contribution is 5.93. The molecule has 1 aliphatic carbocycles. The van der Waals surface area contributed by atoms with Gasteiger partial charge in [0.15, 0.2) is 0 Å². The standard InChI is InChI=1S/C13H13NO4/c15-12-3-4-18-11-2-1-7(5-10(11)14-12)8-6-9(8)13(16)17/h1-2,5,8-9H,3-4,6H2,(H,14,15)(H,16,17). The van der Waals surface area contributed by atoms with Gasteiger partial charge in [0.05, 0.1) is 24.6 Å². The predicted octanol–water partition coefficient (Wildman–Crippen LogP) is 1.60. The van der Waals surface area contributed by atoms with Crippen LogP contribution in [0.5, 0.6) is 5.75 Å². The van der Waals surface area contributed by atoms with Crippen LogP contribution in [0.3, 0.4) is 0 Å². The lowest BCUT2D eigenvalue weighted by Gasteiger charge is -2.09. The van der Waals surface area contributed by atoms with E-state index in [1.165, 1.54) is 0 Å². The molecule has 1 aromatic carbocycles. The van der Waals surface area contributed by atoms with Gasteiger partial charge in [-0.05, 0) is 30.0 Å². The molecule has 3 rings (SSSR count). The molecule has 5 nitrogen and oxygen atoms in total. The van der Waals surface area contributed by atoms with E-state index in [0.717, 1.165) is 5.56 Å². The van der Waals surface area contributed by atoms with Gasteiger partial charge in [0.2, 0.25) is 5.91 Å². The predicted molar refractivity (Wildman–Crippen MR) is 63.7 cm³/mol. The lowest BCUT2D eigenvalue weighted by Crippen LogP contribution is -2.10. The topological polar surface area (TPSA) is 75.6 Å². The Morgan fingerprint density at radius 2 is 2.28 bits per heavy atom. The second kappa shape index (κ2) is 4.01. The smallest absolute Gasteiger partial charge is 0.307 e. The van der Waals surface area contributed by atoms with Gasteiger partial charge in [-0.25, -0.2) is 0 Å². The van der Waals surface area contributed by atoms with Gasteiger partial charge in [-0.3, -0.25) is 9.59 Å². The average Bonchev–Trinajstić information content (AvgIpc) is 3.10. The molecule has 94 valence electrons. The summed E-state index contributed by atoms with van der Waals surface area (Å²) in [6.45, 7) is 0.374. The lowest BCUT2D eigenvalue weighted by molar-refractivity contribution is -0.138. The number of carbonyl (C=O) groups is 2. The van der Waals surface area contributed by atoms with Crippen molar-refractivity contribution in [2.75, 3.05) is 11.9 Å². The molecule has 0 saturated heterocycles. The number of aliphatic carboxylic acids is 1. The van der Waals surface area contributed by atoms with Crippen molar-refractivity contribution in [2.24, 2.45) is 5.92 Å². The van der Waals surface area contributed by atoms with Crippen molar-refractivity contribution in [2.45, 2.75) is 18.8 Å². The van der Waals surface area contributed by atoms with Crippen molar-refractivity contribution in [3.05, 3.63) is 23.8 Å². The molecule has 1 saturated carbocycles. The number of rotatable bonds is 2. The number of hydrogen-bond donors (Lipinski definition) is 2. The monoisotopic (exact) mass is 247 g/mol. The lowest BCUT2D eigenvalue weighted by atomic mass is 10.1. The maximum Gasteiger partial charge on any atom is 0.307 e. The molecule has 2 atom stereocenters. The average molecular weight is 247 g/mol. The second-order valence-corrected chi connectivity index (χ2v) is 4.69. The van der Waals surface area contributed by atoms with Gasteiger partial charge < -0.3 is 15.2 Å². The normalized spacial score (nSPS) is 25.4. The summed E-state index contributed by atoms with van der Waals surface area (Å²) in [6, 6.07) is 5.50. The van der Waals surface area contributed by atoms with Crippen molar-refractivity contribution in [3.63, 3.8) is 0 Å². The Bertz CT molecular complexity index is 526. The molecule has 1 aromatic rings. The van der Waals surface area contributed by atoms with Crippen LogP contribution in [-0.4, -0.2) is 23.6 Å². The van der Waals surface area contributed by atoms with Crippen LogP contribution >= 0.6 is 0 Å². The van der Waals surface area contributed by atoms with Crippen LogP contribution in [-0.2, 0) is 9.59 Å². The second-order valence-electron chi connectivity index (χ2n) is 4.69. The number of carboxylic acids is 1. The van der Waals surface area contributed by atoms with E-state index in [1.807, 2.05) is 12.1 Å².